The normalized spacial score (nSPS) is 18.1. The van der Waals surface area contributed by atoms with E-state index < -0.39 is 16.9 Å². The van der Waals surface area contributed by atoms with Gasteiger partial charge in [0.2, 0.25) is 0 Å². The van der Waals surface area contributed by atoms with Crippen LogP contribution >= 0.6 is 0 Å². The van der Waals surface area contributed by atoms with Crippen LogP contribution in [-0.4, -0.2) is 28.6 Å². The van der Waals surface area contributed by atoms with E-state index >= 15 is 0 Å². The van der Waals surface area contributed by atoms with Crippen LogP contribution in [0.2, 0.25) is 0 Å². The lowest BCUT2D eigenvalue weighted by Crippen LogP contribution is -2.36. The minimum absolute atomic E-state index is 0.0569. The molecule has 7 nitrogen and oxygen atoms in total. The molecule has 1 aliphatic rings. The molecule has 1 aromatic carbocycles. The van der Waals surface area contributed by atoms with Crippen LogP contribution < -0.4 is 4.90 Å². The van der Waals surface area contributed by atoms with Crippen molar-refractivity contribution in [2.45, 2.75) is 18.9 Å². The number of carbonyl (C=O) groups is 1. The molecule has 0 saturated carbocycles. The number of anilines is 1. The van der Waals surface area contributed by atoms with Crippen LogP contribution in [0.1, 0.15) is 18.4 Å². The van der Waals surface area contributed by atoms with Crippen molar-refractivity contribution in [3.63, 3.8) is 0 Å². The lowest BCUT2D eigenvalue weighted by atomic mass is 10.1. The van der Waals surface area contributed by atoms with Crippen molar-refractivity contribution in [2.75, 3.05) is 11.4 Å². The maximum atomic E-state index is 11.1. The van der Waals surface area contributed by atoms with E-state index in [1.54, 1.807) is 6.07 Å². The van der Waals surface area contributed by atoms with E-state index in [1.807, 2.05) is 0 Å². The molecule has 1 atom stereocenters. The SMILES string of the molecule is N#Cc1cccc(N2CCCC2C(=O)O)c1[N+](=O)[O-]. The van der Waals surface area contributed by atoms with Gasteiger partial charge in [-0.3, -0.25) is 10.1 Å². The molecule has 1 heterocycles. The van der Waals surface area contributed by atoms with Gasteiger partial charge in [0.25, 0.3) is 0 Å². The van der Waals surface area contributed by atoms with Crippen LogP contribution in [0.4, 0.5) is 11.4 Å². The number of hydrogen-bond acceptors (Lipinski definition) is 5. The Labute approximate surface area is 108 Å². The Morgan fingerprint density at radius 1 is 1.58 bits per heavy atom. The Kier molecular flexibility index (Phi) is 3.33. The lowest BCUT2D eigenvalue weighted by molar-refractivity contribution is -0.384. The van der Waals surface area contributed by atoms with Crippen molar-refractivity contribution >= 4 is 17.3 Å². The summed E-state index contributed by atoms with van der Waals surface area (Å²) >= 11 is 0. The molecule has 0 amide bonds. The molecule has 1 N–H and O–H groups in total. The summed E-state index contributed by atoms with van der Waals surface area (Å²) in [6, 6.07) is 5.37. The van der Waals surface area contributed by atoms with E-state index in [4.69, 9.17) is 10.4 Å². The van der Waals surface area contributed by atoms with Gasteiger partial charge < -0.3 is 10.0 Å². The molecule has 0 radical (unpaired) electrons. The zero-order valence-corrected chi connectivity index (χ0v) is 9.94. The molecule has 19 heavy (non-hydrogen) atoms. The summed E-state index contributed by atoms with van der Waals surface area (Å²) in [5, 5.41) is 29.2. The Morgan fingerprint density at radius 2 is 2.32 bits per heavy atom. The molecule has 98 valence electrons. The molecule has 1 saturated heterocycles. The summed E-state index contributed by atoms with van der Waals surface area (Å²) in [6.07, 6.45) is 1.11. The number of carboxylic acids is 1. The first-order valence-corrected chi connectivity index (χ1v) is 5.73. The van der Waals surface area contributed by atoms with Crippen molar-refractivity contribution in [1.29, 1.82) is 5.26 Å². The van der Waals surface area contributed by atoms with Gasteiger partial charge in [0.05, 0.1) is 4.92 Å². The number of hydrogen-bond donors (Lipinski definition) is 1. The standard InChI is InChI=1S/C12H11N3O4/c13-7-8-3-1-4-9(11(8)15(18)19)14-6-2-5-10(14)12(16)17/h1,3-4,10H,2,5-6H2,(H,16,17). The third-order valence-electron chi connectivity index (χ3n) is 3.17. The van der Waals surface area contributed by atoms with Crippen molar-refractivity contribution in [2.24, 2.45) is 0 Å². The second-order valence-electron chi connectivity index (χ2n) is 4.23. The fourth-order valence-electron chi connectivity index (χ4n) is 2.36. The number of nitriles is 1. The molecule has 0 spiro atoms. The summed E-state index contributed by atoms with van der Waals surface area (Å²) in [5.74, 6) is -1.01. The zero-order chi connectivity index (χ0) is 14.0. The Balaban J connectivity index is 2.54. The Hall–Kier alpha value is -2.62. The number of benzene rings is 1. The first kappa shape index (κ1) is 12.8. The fourth-order valence-corrected chi connectivity index (χ4v) is 2.36. The van der Waals surface area contributed by atoms with Crippen molar-refractivity contribution < 1.29 is 14.8 Å². The third kappa shape index (κ3) is 2.20. The fraction of sp³-hybridized carbons (Fsp3) is 0.333. The maximum Gasteiger partial charge on any atom is 0.326 e. The Bertz CT molecular complexity index is 579. The van der Waals surface area contributed by atoms with Gasteiger partial charge in [-0.2, -0.15) is 5.26 Å². The van der Waals surface area contributed by atoms with Gasteiger partial charge in [-0.15, -0.1) is 0 Å². The number of nitrogens with zero attached hydrogens (tertiary/aromatic N) is 3. The van der Waals surface area contributed by atoms with E-state index in [2.05, 4.69) is 0 Å². The van der Waals surface area contributed by atoms with Crippen LogP contribution in [0.3, 0.4) is 0 Å². The van der Waals surface area contributed by atoms with Crippen LogP contribution in [-0.2, 0) is 4.79 Å². The summed E-state index contributed by atoms with van der Waals surface area (Å²) < 4.78 is 0. The highest BCUT2D eigenvalue weighted by atomic mass is 16.6. The van der Waals surface area contributed by atoms with E-state index in [0.29, 0.717) is 19.4 Å². The van der Waals surface area contributed by atoms with Gasteiger partial charge in [0.15, 0.2) is 0 Å². The number of aliphatic carboxylic acids is 1. The number of para-hydroxylation sites is 1. The van der Waals surface area contributed by atoms with E-state index in [0.717, 1.165) is 0 Å². The van der Waals surface area contributed by atoms with Gasteiger partial charge in [0, 0.05) is 6.54 Å². The molecular formula is C12H11N3O4. The molecule has 7 heteroatoms. The largest absolute Gasteiger partial charge is 0.480 e. The van der Waals surface area contributed by atoms with Crippen LogP contribution in [0.25, 0.3) is 0 Å². The number of nitro groups is 1. The van der Waals surface area contributed by atoms with Gasteiger partial charge >= 0.3 is 11.7 Å². The van der Waals surface area contributed by atoms with Crippen molar-refractivity contribution in [1.82, 2.24) is 0 Å². The second-order valence-corrected chi connectivity index (χ2v) is 4.23. The minimum atomic E-state index is -1.01. The average molecular weight is 261 g/mol. The van der Waals surface area contributed by atoms with Crippen LogP contribution in [0.15, 0.2) is 18.2 Å². The monoisotopic (exact) mass is 261 g/mol. The first-order chi connectivity index (χ1) is 9.06. The van der Waals surface area contributed by atoms with Crippen LogP contribution in [0.5, 0.6) is 0 Å². The highest BCUT2D eigenvalue weighted by Crippen LogP contribution is 2.35. The van der Waals surface area contributed by atoms with Gasteiger partial charge in [-0.25, -0.2) is 4.79 Å². The van der Waals surface area contributed by atoms with Crippen LogP contribution in [0, 0.1) is 21.4 Å². The zero-order valence-electron chi connectivity index (χ0n) is 9.94. The van der Waals surface area contributed by atoms with Gasteiger partial charge in [0.1, 0.15) is 23.4 Å². The van der Waals surface area contributed by atoms with Crippen molar-refractivity contribution in [3.8, 4) is 6.07 Å². The average Bonchev–Trinajstić information content (AvgIpc) is 2.86. The molecule has 1 aromatic rings. The molecule has 0 aromatic heterocycles. The van der Waals surface area contributed by atoms with E-state index in [1.165, 1.54) is 23.1 Å². The quantitative estimate of drug-likeness (QED) is 0.652. The molecule has 0 aliphatic carbocycles. The highest BCUT2D eigenvalue weighted by molar-refractivity contribution is 5.82. The number of nitro benzene ring substituents is 1. The third-order valence-corrected chi connectivity index (χ3v) is 3.17. The van der Waals surface area contributed by atoms with Crippen molar-refractivity contribution in [3.05, 3.63) is 33.9 Å². The second kappa shape index (κ2) is 4.94. The molecule has 1 aliphatic heterocycles. The van der Waals surface area contributed by atoms with E-state index in [9.17, 15) is 14.9 Å². The first-order valence-electron chi connectivity index (χ1n) is 5.73. The highest BCUT2D eigenvalue weighted by Gasteiger charge is 2.35. The van der Waals surface area contributed by atoms with Gasteiger partial charge in [-0.05, 0) is 25.0 Å². The van der Waals surface area contributed by atoms with Gasteiger partial charge in [-0.1, -0.05) is 6.07 Å². The molecule has 0 bridgehead atoms. The predicted octanol–water partition coefficient (Wildman–Crippen LogP) is 1.52. The summed E-state index contributed by atoms with van der Waals surface area (Å²) in [5.41, 5.74) is -0.175. The summed E-state index contributed by atoms with van der Waals surface area (Å²) in [7, 11) is 0. The number of rotatable bonds is 3. The smallest absolute Gasteiger partial charge is 0.326 e. The maximum absolute atomic E-state index is 11.1. The van der Waals surface area contributed by atoms with E-state index in [-0.39, 0.29) is 16.9 Å². The minimum Gasteiger partial charge on any atom is -0.480 e. The summed E-state index contributed by atoms with van der Waals surface area (Å²) in [4.78, 5) is 23.1. The Morgan fingerprint density at radius 3 is 2.89 bits per heavy atom. The summed E-state index contributed by atoms with van der Waals surface area (Å²) in [6.45, 7) is 0.437. The number of carboxylic acid groups (broad SMARTS) is 1. The molecule has 1 fully saturated rings. The predicted molar refractivity (Wildman–Crippen MR) is 65.8 cm³/mol. The molecule has 2 rings (SSSR count). The molecular weight excluding hydrogens is 250 g/mol. The topological polar surface area (TPSA) is 107 Å². The molecule has 1 unspecified atom stereocenters. The lowest BCUT2D eigenvalue weighted by Gasteiger charge is -2.23.